The van der Waals surface area contributed by atoms with Gasteiger partial charge in [0.05, 0.1) is 6.10 Å². The Kier molecular flexibility index (Phi) is 10.5. The van der Waals surface area contributed by atoms with Crippen LogP contribution in [0.1, 0.15) is 47.0 Å². The Morgan fingerprint density at radius 2 is 1.64 bits per heavy atom. The maximum absolute atomic E-state index is 5.83. The van der Waals surface area contributed by atoms with Gasteiger partial charge in [0, 0.05) is 45.7 Å². The predicted octanol–water partition coefficient (Wildman–Crippen LogP) is 3.26. The van der Waals surface area contributed by atoms with Gasteiger partial charge in [-0.25, -0.2) is 0 Å². The molecule has 0 amide bonds. The molecule has 22 heavy (non-hydrogen) atoms. The van der Waals surface area contributed by atoms with Gasteiger partial charge in [0.25, 0.3) is 0 Å². The molecule has 0 N–H and O–H groups in total. The number of hydrogen-bond donors (Lipinski definition) is 0. The highest BCUT2D eigenvalue weighted by molar-refractivity contribution is 6.60. The Balaban J connectivity index is 2.15. The second-order valence-electron chi connectivity index (χ2n) is 5.66. The van der Waals surface area contributed by atoms with Crippen LogP contribution in [0.15, 0.2) is 0 Å². The van der Waals surface area contributed by atoms with Gasteiger partial charge in [-0.2, -0.15) is 0 Å². The molecule has 1 fully saturated rings. The topological polar surface area (TPSA) is 46.2 Å². The molecule has 132 valence electrons. The van der Waals surface area contributed by atoms with E-state index in [1.807, 2.05) is 20.8 Å². The van der Waals surface area contributed by atoms with Crippen molar-refractivity contribution in [3.8, 4) is 0 Å². The molecule has 1 heterocycles. The zero-order valence-electron chi connectivity index (χ0n) is 14.8. The van der Waals surface area contributed by atoms with Gasteiger partial charge in [0.2, 0.25) is 0 Å². The van der Waals surface area contributed by atoms with E-state index < -0.39 is 8.80 Å². The van der Waals surface area contributed by atoms with Crippen LogP contribution in [-0.2, 0) is 22.8 Å². The fourth-order valence-corrected chi connectivity index (χ4v) is 5.23. The first-order valence-electron chi connectivity index (χ1n) is 8.78. The molecule has 0 aliphatic carbocycles. The van der Waals surface area contributed by atoms with Gasteiger partial charge in [-0.15, -0.1) is 0 Å². The maximum Gasteiger partial charge on any atom is 0.501 e. The van der Waals surface area contributed by atoms with E-state index in [0.29, 0.717) is 31.8 Å². The summed E-state index contributed by atoms with van der Waals surface area (Å²) >= 11 is 0. The van der Waals surface area contributed by atoms with Crippen LogP contribution in [0, 0.1) is 5.92 Å². The molecule has 2 atom stereocenters. The van der Waals surface area contributed by atoms with Crippen LogP contribution in [0.3, 0.4) is 0 Å². The summed E-state index contributed by atoms with van der Waals surface area (Å²) in [7, 11) is -2.49. The highest BCUT2D eigenvalue weighted by Gasteiger charge is 2.39. The predicted molar refractivity (Wildman–Crippen MR) is 89.0 cm³/mol. The molecule has 1 aliphatic heterocycles. The summed E-state index contributed by atoms with van der Waals surface area (Å²) in [6.45, 7) is 12.6. The van der Waals surface area contributed by atoms with Crippen LogP contribution in [0.4, 0.5) is 0 Å². The van der Waals surface area contributed by atoms with Crippen LogP contribution in [0.25, 0.3) is 0 Å². The van der Waals surface area contributed by atoms with E-state index in [4.69, 9.17) is 22.8 Å². The van der Waals surface area contributed by atoms with Gasteiger partial charge in [-0.05, 0) is 46.0 Å². The minimum atomic E-state index is -2.49. The molecule has 0 radical (unpaired) electrons. The highest BCUT2D eigenvalue weighted by atomic mass is 28.4. The Labute approximate surface area is 137 Å². The normalized spacial score (nSPS) is 19.9. The molecule has 2 unspecified atom stereocenters. The minimum absolute atomic E-state index is 0.456. The van der Waals surface area contributed by atoms with Crippen molar-refractivity contribution < 1.29 is 22.8 Å². The van der Waals surface area contributed by atoms with Crippen molar-refractivity contribution in [3.63, 3.8) is 0 Å². The second kappa shape index (κ2) is 11.5. The van der Waals surface area contributed by atoms with Crippen molar-refractivity contribution in [2.45, 2.75) is 59.1 Å². The molecule has 1 saturated heterocycles. The standard InChI is InChI=1S/C16H34O5Si/c1-5-19-22(20-6-2,21-7-3)14-8-11-17-12-9-15(4)16-10-13-18-16/h15-16H,5-14H2,1-4H3. The lowest BCUT2D eigenvalue weighted by Gasteiger charge is -2.32. The quantitative estimate of drug-likeness (QED) is 0.360. The average Bonchev–Trinajstić information content (AvgIpc) is 2.41. The Morgan fingerprint density at radius 3 is 2.09 bits per heavy atom. The smallest absolute Gasteiger partial charge is 0.381 e. The van der Waals surface area contributed by atoms with E-state index in [9.17, 15) is 0 Å². The lowest BCUT2D eigenvalue weighted by atomic mass is 9.96. The fourth-order valence-electron chi connectivity index (χ4n) is 2.65. The minimum Gasteiger partial charge on any atom is -0.381 e. The molecule has 6 heteroatoms. The molecule has 0 spiro atoms. The molecule has 0 aromatic rings. The fraction of sp³-hybridized carbons (Fsp3) is 1.00. The van der Waals surface area contributed by atoms with Crippen LogP contribution in [0.5, 0.6) is 0 Å². The highest BCUT2D eigenvalue weighted by Crippen LogP contribution is 2.23. The third-order valence-electron chi connectivity index (χ3n) is 3.95. The van der Waals surface area contributed by atoms with E-state index in [0.717, 1.165) is 38.7 Å². The summed E-state index contributed by atoms with van der Waals surface area (Å²) in [5, 5.41) is 0. The van der Waals surface area contributed by atoms with Crippen molar-refractivity contribution in [1.82, 2.24) is 0 Å². The first kappa shape index (κ1) is 20.1. The van der Waals surface area contributed by atoms with Crippen molar-refractivity contribution in [3.05, 3.63) is 0 Å². The van der Waals surface area contributed by atoms with Gasteiger partial charge in [0.15, 0.2) is 0 Å². The third-order valence-corrected chi connectivity index (χ3v) is 7.10. The third kappa shape index (κ3) is 7.06. The van der Waals surface area contributed by atoms with Crippen LogP contribution in [-0.4, -0.2) is 54.5 Å². The summed E-state index contributed by atoms with van der Waals surface area (Å²) < 4.78 is 28.7. The van der Waals surface area contributed by atoms with E-state index in [-0.39, 0.29) is 0 Å². The monoisotopic (exact) mass is 334 g/mol. The zero-order valence-corrected chi connectivity index (χ0v) is 15.8. The van der Waals surface area contributed by atoms with Gasteiger partial charge >= 0.3 is 8.80 Å². The van der Waals surface area contributed by atoms with E-state index >= 15 is 0 Å². The van der Waals surface area contributed by atoms with Gasteiger partial charge in [-0.3, -0.25) is 0 Å². The number of ether oxygens (including phenoxy) is 2. The molecule has 1 aliphatic rings. The Bertz CT molecular complexity index is 256. The molecule has 0 bridgehead atoms. The van der Waals surface area contributed by atoms with E-state index in [1.54, 1.807) is 0 Å². The lowest BCUT2D eigenvalue weighted by Crippen LogP contribution is -2.46. The van der Waals surface area contributed by atoms with E-state index in [2.05, 4.69) is 6.92 Å². The largest absolute Gasteiger partial charge is 0.501 e. The Hall–Kier alpha value is 0.0169. The van der Waals surface area contributed by atoms with Crippen molar-refractivity contribution >= 4 is 8.80 Å². The number of hydrogen-bond acceptors (Lipinski definition) is 5. The summed E-state index contributed by atoms with van der Waals surface area (Å²) in [6, 6.07) is 0.823. The van der Waals surface area contributed by atoms with Crippen molar-refractivity contribution in [2.24, 2.45) is 5.92 Å². The molecule has 0 aromatic heterocycles. The average molecular weight is 335 g/mol. The number of rotatable bonds is 14. The summed E-state index contributed by atoms with van der Waals surface area (Å²) in [5.74, 6) is 0.595. The van der Waals surface area contributed by atoms with E-state index in [1.165, 1.54) is 6.42 Å². The molecular weight excluding hydrogens is 300 g/mol. The van der Waals surface area contributed by atoms with Crippen molar-refractivity contribution in [1.29, 1.82) is 0 Å². The summed E-state index contributed by atoms with van der Waals surface area (Å²) in [5.41, 5.74) is 0. The van der Waals surface area contributed by atoms with Crippen LogP contribution in [0.2, 0.25) is 6.04 Å². The molecular formula is C16H34O5Si. The first-order chi connectivity index (χ1) is 10.7. The molecule has 1 rings (SSSR count). The van der Waals surface area contributed by atoms with Gasteiger partial charge in [-0.1, -0.05) is 6.92 Å². The summed E-state index contributed by atoms with van der Waals surface area (Å²) in [4.78, 5) is 0. The maximum atomic E-state index is 5.83. The molecule has 0 saturated carbocycles. The van der Waals surface area contributed by atoms with Crippen LogP contribution >= 0.6 is 0 Å². The van der Waals surface area contributed by atoms with Crippen molar-refractivity contribution in [2.75, 3.05) is 39.6 Å². The van der Waals surface area contributed by atoms with Gasteiger partial charge < -0.3 is 22.8 Å². The molecule has 5 nitrogen and oxygen atoms in total. The van der Waals surface area contributed by atoms with Crippen LogP contribution < -0.4 is 0 Å². The summed E-state index contributed by atoms with van der Waals surface area (Å²) in [6.07, 6.45) is 3.64. The van der Waals surface area contributed by atoms with Gasteiger partial charge in [0.1, 0.15) is 0 Å². The first-order valence-corrected chi connectivity index (χ1v) is 10.7. The lowest BCUT2D eigenvalue weighted by molar-refractivity contribution is -0.0860. The zero-order chi connectivity index (χ0) is 16.3. The second-order valence-corrected chi connectivity index (χ2v) is 8.39. The SMILES string of the molecule is CCO[Si](CCCOCCC(C)C1CCO1)(OCC)OCC. The Morgan fingerprint density at radius 1 is 1.05 bits per heavy atom. The molecule has 0 aromatic carbocycles.